The molecule has 278 valence electrons. The number of hydrogen-bond donors (Lipinski definition) is 3. The standard InChI is InChI=1S/C37H46N6O7S2/c1-22(2)38-36-40-30(21-51-36)29-18-32(27-15-12-24(49-3)16-28(27)39-29)50-25-17-31-34(45)41-37(35(46)42-52(47,48)26-13-14-26)19-23(37)10-8-6-4-5-7-9-11-33(44)43(31)20-25/h8,10,12,15-16,18,21-23,25-26,31H,4-7,9,11,13-14,17,19-20H2,1-3H3,(H,38,40)(H,41,45)(H,42,46)/b10-8-. The van der Waals surface area contributed by atoms with Gasteiger partial charge in [0.25, 0.3) is 5.91 Å². The zero-order valence-electron chi connectivity index (χ0n) is 29.7. The Hall–Kier alpha value is -4.24. The molecule has 3 amide bonds. The van der Waals surface area contributed by atoms with Crippen molar-refractivity contribution < 1.29 is 32.3 Å². The van der Waals surface area contributed by atoms with Crippen LogP contribution < -0.4 is 24.8 Å². The second-order valence-corrected chi connectivity index (χ2v) is 17.4. The van der Waals surface area contributed by atoms with E-state index in [1.165, 1.54) is 11.3 Å². The predicted molar refractivity (Wildman–Crippen MR) is 199 cm³/mol. The summed E-state index contributed by atoms with van der Waals surface area (Å²) in [7, 11) is -2.24. The molecule has 13 nitrogen and oxygen atoms in total. The van der Waals surface area contributed by atoms with Crippen molar-refractivity contribution in [3.63, 3.8) is 0 Å². The highest BCUT2D eigenvalue weighted by atomic mass is 32.2. The predicted octanol–water partition coefficient (Wildman–Crippen LogP) is 4.93. The SMILES string of the molecule is COc1ccc2c(OC3CC4C(=O)NC5(C(=O)NS(=O)(=O)C6CC6)CC5/C=C\CCCCCCC(=O)N4C3)cc(-c3csc(NC(C)C)n3)nc2c1. The average molecular weight is 751 g/mol. The molecule has 4 aliphatic rings. The third kappa shape index (κ3) is 7.75. The fraction of sp³-hybridized carbons (Fsp3) is 0.541. The fourth-order valence-electron chi connectivity index (χ4n) is 7.09. The monoisotopic (exact) mass is 750 g/mol. The number of nitrogens with one attached hydrogen (secondary N) is 3. The van der Waals surface area contributed by atoms with Gasteiger partial charge in [-0.05, 0) is 64.5 Å². The lowest BCUT2D eigenvalue weighted by atomic mass is 10.1. The summed E-state index contributed by atoms with van der Waals surface area (Å²) >= 11 is 1.48. The molecule has 3 aromatic rings. The smallest absolute Gasteiger partial charge is 0.259 e. The topological polar surface area (TPSA) is 169 Å². The Labute approximate surface area is 308 Å². The van der Waals surface area contributed by atoms with E-state index < -0.39 is 44.8 Å². The number of benzene rings is 1. The molecule has 2 aliphatic carbocycles. The minimum atomic E-state index is -3.83. The summed E-state index contributed by atoms with van der Waals surface area (Å²) in [4.78, 5) is 52.7. The fourth-order valence-corrected chi connectivity index (χ4v) is 9.30. The van der Waals surface area contributed by atoms with Gasteiger partial charge in [-0.3, -0.25) is 19.1 Å². The molecule has 3 N–H and O–H groups in total. The number of thiazole rings is 1. The number of sulfonamides is 1. The Bertz CT molecular complexity index is 1990. The molecule has 4 atom stereocenters. The largest absolute Gasteiger partial charge is 0.497 e. The van der Waals surface area contributed by atoms with Gasteiger partial charge in [0, 0.05) is 47.7 Å². The van der Waals surface area contributed by atoms with Crippen molar-refractivity contribution in [1.29, 1.82) is 0 Å². The first-order valence-electron chi connectivity index (χ1n) is 18.2. The summed E-state index contributed by atoms with van der Waals surface area (Å²) in [5.74, 6) is -0.567. The van der Waals surface area contributed by atoms with Crippen molar-refractivity contribution in [2.45, 2.75) is 107 Å². The summed E-state index contributed by atoms with van der Waals surface area (Å²) in [6.07, 6.45) is 9.43. The molecule has 3 fully saturated rings. The van der Waals surface area contributed by atoms with Crippen LogP contribution in [-0.4, -0.2) is 83.6 Å². The van der Waals surface area contributed by atoms with Gasteiger partial charge in [0.1, 0.15) is 34.9 Å². The third-order valence-corrected chi connectivity index (χ3v) is 12.8. The number of hydrogen-bond acceptors (Lipinski definition) is 11. The number of methoxy groups -OCH3 is 1. The number of aromatic nitrogens is 2. The van der Waals surface area contributed by atoms with E-state index in [1.54, 1.807) is 12.0 Å². The van der Waals surface area contributed by atoms with Crippen molar-refractivity contribution in [3.8, 4) is 22.9 Å². The van der Waals surface area contributed by atoms with Crippen LogP contribution in [0.5, 0.6) is 11.5 Å². The number of ether oxygens (including phenoxy) is 2. The van der Waals surface area contributed by atoms with Gasteiger partial charge in [-0.2, -0.15) is 0 Å². The van der Waals surface area contributed by atoms with E-state index in [0.29, 0.717) is 54.1 Å². The number of carbonyl (C=O) groups excluding carboxylic acids is 3. The van der Waals surface area contributed by atoms with Crippen LogP contribution in [0.25, 0.3) is 22.3 Å². The lowest BCUT2D eigenvalue weighted by Gasteiger charge is -2.26. The first-order valence-corrected chi connectivity index (χ1v) is 20.6. The molecule has 2 saturated carbocycles. The van der Waals surface area contributed by atoms with Gasteiger partial charge in [-0.15, -0.1) is 11.3 Å². The number of rotatable bonds is 9. The summed E-state index contributed by atoms with van der Waals surface area (Å²) in [6, 6.07) is 6.67. The van der Waals surface area contributed by atoms with Crippen molar-refractivity contribution in [2.75, 3.05) is 19.0 Å². The molecule has 0 radical (unpaired) electrons. The second-order valence-electron chi connectivity index (χ2n) is 14.6. The number of pyridine rings is 1. The number of carbonyl (C=O) groups is 3. The van der Waals surface area contributed by atoms with Crippen molar-refractivity contribution in [1.82, 2.24) is 24.9 Å². The maximum Gasteiger partial charge on any atom is 0.259 e. The van der Waals surface area contributed by atoms with E-state index in [4.69, 9.17) is 19.4 Å². The third-order valence-electron chi connectivity index (χ3n) is 10.2. The van der Waals surface area contributed by atoms with Crippen molar-refractivity contribution >= 4 is 55.1 Å². The minimum Gasteiger partial charge on any atom is -0.497 e. The number of fused-ring (bicyclic) bond motifs is 3. The van der Waals surface area contributed by atoms with Gasteiger partial charge in [0.15, 0.2) is 5.13 Å². The zero-order chi connectivity index (χ0) is 36.6. The van der Waals surface area contributed by atoms with E-state index in [0.717, 1.165) is 36.2 Å². The first kappa shape index (κ1) is 36.1. The molecule has 7 rings (SSSR count). The minimum absolute atomic E-state index is 0.154. The lowest BCUT2D eigenvalue weighted by Crippen LogP contribution is -2.56. The summed E-state index contributed by atoms with van der Waals surface area (Å²) in [5.41, 5.74) is 0.515. The Kier molecular flexibility index (Phi) is 10.2. The van der Waals surface area contributed by atoms with Crippen molar-refractivity contribution in [3.05, 3.63) is 41.8 Å². The summed E-state index contributed by atoms with van der Waals surface area (Å²) in [6.45, 7) is 4.26. The van der Waals surface area contributed by atoms with Crippen LogP contribution >= 0.6 is 11.3 Å². The Morgan fingerprint density at radius 2 is 1.90 bits per heavy atom. The van der Waals surface area contributed by atoms with E-state index in [1.807, 2.05) is 55.6 Å². The van der Waals surface area contributed by atoms with Gasteiger partial charge in [-0.1, -0.05) is 25.0 Å². The highest BCUT2D eigenvalue weighted by Crippen LogP contribution is 2.46. The van der Waals surface area contributed by atoms with E-state index >= 15 is 0 Å². The number of anilines is 1. The molecule has 1 saturated heterocycles. The van der Waals surface area contributed by atoms with Crippen LogP contribution in [0.1, 0.15) is 78.1 Å². The van der Waals surface area contributed by atoms with Gasteiger partial charge in [0.05, 0.1) is 30.1 Å². The van der Waals surface area contributed by atoms with Gasteiger partial charge < -0.3 is 25.0 Å². The van der Waals surface area contributed by atoms with Crippen LogP contribution in [0.3, 0.4) is 0 Å². The molecule has 0 spiro atoms. The van der Waals surface area contributed by atoms with E-state index in [2.05, 4.69) is 15.4 Å². The molecule has 4 unspecified atom stereocenters. The van der Waals surface area contributed by atoms with Crippen LogP contribution in [0.4, 0.5) is 5.13 Å². The van der Waals surface area contributed by atoms with E-state index in [9.17, 15) is 22.8 Å². The molecule has 1 aromatic carbocycles. The van der Waals surface area contributed by atoms with Crippen LogP contribution in [0, 0.1) is 5.92 Å². The van der Waals surface area contributed by atoms with Gasteiger partial charge >= 0.3 is 0 Å². The maximum atomic E-state index is 14.2. The molecule has 2 aliphatic heterocycles. The lowest BCUT2D eigenvalue weighted by molar-refractivity contribution is -0.139. The molecule has 15 heteroatoms. The summed E-state index contributed by atoms with van der Waals surface area (Å²) < 4.78 is 39.9. The van der Waals surface area contributed by atoms with Gasteiger partial charge in [0.2, 0.25) is 21.8 Å². The Morgan fingerprint density at radius 1 is 1.10 bits per heavy atom. The highest BCUT2D eigenvalue weighted by molar-refractivity contribution is 7.91. The number of nitrogens with zero attached hydrogens (tertiary/aromatic N) is 3. The Morgan fingerprint density at radius 3 is 2.67 bits per heavy atom. The quantitative estimate of drug-likeness (QED) is 0.255. The number of allylic oxidation sites excluding steroid dienone is 1. The van der Waals surface area contributed by atoms with Crippen LogP contribution in [0.2, 0.25) is 0 Å². The molecular formula is C37H46N6O7S2. The molecule has 4 heterocycles. The number of amides is 3. The van der Waals surface area contributed by atoms with Crippen LogP contribution in [-0.2, 0) is 24.4 Å². The van der Waals surface area contributed by atoms with E-state index in [-0.39, 0.29) is 37.3 Å². The normalized spacial score (nSPS) is 26.1. The molecule has 52 heavy (non-hydrogen) atoms. The van der Waals surface area contributed by atoms with Gasteiger partial charge in [-0.25, -0.2) is 18.4 Å². The average Bonchev–Trinajstić information content (AvgIpc) is 3.99. The van der Waals surface area contributed by atoms with Crippen LogP contribution in [0.15, 0.2) is 41.8 Å². The molecular weight excluding hydrogens is 705 g/mol. The molecule has 0 bridgehead atoms. The van der Waals surface area contributed by atoms with Crippen molar-refractivity contribution in [2.24, 2.45) is 5.92 Å². The Balaban J connectivity index is 1.17. The molecule has 2 aromatic heterocycles. The first-order chi connectivity index (χ1) is 25.0. The zero-order valence-corrected chi connectivity index (χ0v) is 31.4. The second kappa shape index (κ2) is 14.6. The summed E-state index contributed by atoms with van der Waals surface area (Å²) in [5, 5.41) is 9.11. The highest BCUT2D eigenvalue weighted by Gasteiger charge is 2.62. The maximum absolute atomic E-state index is 14.2.